The molecule has 0 aromatic heterocycles. The number of rotatable bonds is 7. The Kier molecular flexibility index (Phi) is 7.07. The van der Waals surface area contributed by atoms with E-state index in [-0.39, 0.29) is 10.5 Å². The highest BCUT2D eigenvalue weighted by atomic mass is 32.2. The number of nitrogens with one attached hydrogen (secondary N) is 2. The Hall–Kier alpha value is -3.49. The van der Waals surface area contributed by atoms with Crippen molar-refractivity contribution in [2.45, 2.75) is 24.8 Å². The summed E-state index contributed by atoms with van der Waals surface area (Å²) >= 11 is 0. The first-order valence-corrected chi connectivity index (χ1v) is 11.4. The Morgan fingerprint density at radius 2 is 1.62 bits per heavy atom. The first-order chi connectivity index (χ1) is 15.2. The second-order valence-electron chi connectivity index (χ2n) is 7.24. The summed E-state index contributed by atoms with van der Waals surface area (Å²) in [6, 6.07) is 19.7. The van der Waals surface area contributed by atoms with Gasteiger partial charge in [0.05, 0.1) is 10.5 Å². The molecule has 1 amide bonds. The Labute approximate surface area is 187 Å². The van der Waals surface area contributed by atoms with Gasteiger partial charge < -0.3 is 10.1 Å². The van der Waals surface area contributed by atoms with E-state index in [4.69, 9.17) is 4.74 Å². The minimum atomic E-state index is -3.74. The van der Waals surface area contributed by atoms with Gasteiger partial charge in [0.25, 0.3) is 5.91 Å². The van der Waals surface area contributed by atoms with Crippen LogP contribution in [0, 0.1) is 13.8 Å². The van der Waals surface area contributed by atoms with Gasteiger partial charge in [-0.25, -0.2) is 17.9 Å². The molecule has 3 aromatic carbocycles. The van der Waals surface area contributed by atoms with Gasteiger partial charge in [-0.1, -0.05) is 48.5 Å². The fourth-order valence-corrected chi connectivity index (χ4v) is 3.83. The van der Waals surface area contributed by atoms with E-state index in [9.17, 15) is 18.0 Å². The van der Waals surface area contributed by atoms with Crippen molar-refractivity contribution in [3.8, 4) is 0 Å². The van der Waals surface area contributed by atoms with Crippen molar-refractivity contribution in [3.05, 3.63) is 95.1 Å². The summed E-state index contributed by atoms with van der Waals surface area (Å²) in [6.45, 7) is 3.78. The molecule has 0 unspecified atom stereocenters. The minimum absolute atomic E-state index is 0.0155. The van der Waals surface area contributed by atoms with Crippen molar-refractivity contribution < 1.29 is 22.7 Å². The zero-order chi connectivity index (χ0) is 23.3. The predicted octanol–water partition coefficient (Wildman–Crippen LogP) is 3.75. The molecule has 0 fully saturated rings. The van der Waals surface area contributed by atoms with Crippen LogP contribution in [0.4, 0.5) is 5.69 Å². The Bertz CT molecular complexity index is 1240. The molecular formula is C24H24N2O5S. The number of carbonyl (C=O) groups excluding carboxylic acids is 2. The van der Waals surface area contributed by atoms with E-state index in [0.29, 0.717) is 11.3 Å². The number of ether oxygens (including phenoxy) is 1. The summed E-state index contributed by atoms with van der Waals surface area (Å²) in [6.07, 6.45) is -1.23. The monoisotopic (exact) mass is 452 g/mol. The number of sulfonamides is 1. The average molecular weight is 453 g/mol. The smallest absolute Gasteiger partial charge is 0.339 e. The molecule has 0 saturated heterocycles. The van der Waals surface area contributed by atoms with Crippen LogP contribution in [0.2, 0.25) is 0 Å². The van der Waals surface area contributed by atoms with E-state index in [1.807, 2.05) is 32.0 Å². The van der Waals surface area contributed by atoms with Crippen LogP contribution in [-0.4, -0.2) is 27.3 Å². The largest absolute Gasteiger partial charge is 0.444 e. The van der Waals surface area contributed by atoms with Gasteiger partial charge in [-0.05, 0) is 56.3 Å². The summed E-state index contributed by atoms with van der Waals surface area (Å²) in [5.74, 6) is -1.33. The number of esters is 1. The first kappa shape index (κ1) is 23.2. The first-order valence-electron chi connectivity index (χ1n) is 9.89. The lowest BCUT2D eigenvalue weighted by atomic mass is 10.1. The van der Waals surface area contributed by atoms with Crippen molar-refractivity contribution in [1.82, 2.24) is 4.72 Å². The molecule has 8 heteroatoms. The van der Waals surface area contributed by atoms with E-state index >= 15 is 0 Å². The Morgan fingerprint density at radius 1 is 0.906 bits per heavy atom. The van der Waals surface area contributed by atoms with Crippen LogP contribution in [0.1, 0.15) is 33.2 Å². The minimum Gasteiger partial charge on any atom is -0.444 e. The maximum Gasteiger partial charge on any atom is 0.339 e. The maximum absolute atomic E-state index is 13.1. The molecule has 32 heavy (non-hydrogen) atoms. The highest BCUT2D eigenvalue weighted by Gasteiger charge is 2.27. The number of benzene rings is 3. The van der Waals surface area contributed by atoms with Crippen LogP contribution in [0.3, 0.4) is 0 Å². The molecule has 7 nitrogen and oxygen atoms in total. The standard InChI is InChI=1S/C24H24N2O5S/c1-16-12-13-17(2)21(14-16)26-23(27)22(18-8-5-4-6-9-18)31-24(28)19-10-7-11-20(15-19)32(29,30)25-3/h4-15,22,25H,1-3H3,(H,26,27)/t22-/m0/s1. The number of aryl methyl sites for hydroxylation is 2. The van der Waals surface area contributed by atoms with Crippen LogP contribution in [0.5, 0.6) is 0 Å². The third-order valence-electron chi connectivity index (χ3n) is 4.87. The zero-order valence-electron chi connectivity index (χ0n) is 18.0. The molecule has 0 saturated carbocycles. The quantitative estimate of drug-likeness (QED) is 0.532. The van der Waals surface area contributed by atoms with Gasteiger partial charge in [0.1, 0.15) is 0 Å². The number of anilines is 1. The molecule has 0 spiro atoms. The number of amides is 1. The van der Waals surface area contributed by atoms with E-state index in [1.54, 1.807) is 30.3 Å². The molecule has 0 heterocycles. The molecule has 3 aromatic rings. The fourth-order valence-electron chi connectivity index (χ4n) is 3.05. The molecule has 0 aliphatic carbocycles. The van der Waals surface area contributed by atoms with E-state index < -0.39 is 28.0 Å². The summed E-state index contributed by atoms with van der Waals surface area (Å²) in [5.41, 5.74) is 2.97. The number of hydrogen-bond acceptors (Lipinski definition) is 5. The molecule has 0 radical (unpaired) electrons. The molecule has 0 aliphatic heterocycles. The SMILES string of the molecule is CNS(=O)(=O)c1cccc(C(=O)O[C@H](C(=O)Nc2cc(C)ccc2C)c2ccccc2)c1. The summed E-state index contributed by atoms with van der Waals surface area (Å²) < 4.78 is 31.9. The van der Waals surface area contributed by atoms with Crippen LogP contribution in [0.25, 0.3) is 0 Å². The van der Waals surface area contributed by atoms with Gasteiger partial charge in [0, 0.05) is 11.3 Å². The van der Waals surface area contributed by atoms with Crippen LogP contribution >= 0.6 is 0 Å². The molecular weight excluding hydrogens is 428 g/mol. The topological polar surface area (TPSA) is 102 Å². The third kappa shape index (κ3) is 5.40. The molecule has 166 valence electrons. The van der Waals surface area contributed by atoms with Gasteiger partial charge >= 0.3 is 5.97 Å². The fraction of sp³-hybridized carbons (Fsp3) is 0.167. The van der Waals surface area contributed by atoms with Crippen LogP contribution in [0.15, 0.2) is 77.7 Å². The highest BCUT2D eigenvalue weighted by molar-refractivity contribution is 7.89. The lowest BCUT2D eigenvalue weighted by Crippen LogP contribution is -2.26. The summed E-state index contributed by atoms with van der Waals surface area (Å²) in [7, 11) is -2.46. The van der Waals surface area contributed by atoms with Crippen molar-refractivity contribution >= 4 is 27.6 Å². The van der Waals surface area contributed by atoms with Gasteiger partial charge in [-0.3, -0.25) is 4.79 Å². The number of hydrogen-bond donors (Lipinski definition) is 2. The lowest BCUT2D eigenvalue weighted by molar-refractivity contribution is -0.125. The molecule has 3 rings (SSSR count). The lowest BCUT2D eigenvalue weighted by Gasteiger charge is -2.19. The van der Waals surface area contributed by atoms with Gasteiger partial charge in [0.15, 0.2) is 0 Å². The average Bonchev–Trinajstić information content (AvgIpc) is 2.80. The van der Waals surface area contributed by atoms with Crippen LogP contribution < -0.4 is 10.0 Å². The summed E-state index contributed by atoms with van der Waals surface area (Å²) in [4.78, 5) is 25.9. The van der Waals surface area contributed by atoms with Crippen molar-refractivity contribution in [2.24, 2.45) is 0 Å². The zero-order valence-corrected chi connectivity index (χ0v) is 18.8. The predicted molar refractivity (Wildman–Crippen MR) is 122 cm³/mol. The third-order valence-corrected chi connectivity index (χ3v) is 6.28. The number of carbonyl (C=O) groups is 2. The second kappa shape index (κ2) is 9.76. The molecule has 2 N–H and O–H groups in total. The van der Waals surface area contributed by atoms with E-state index in [0.717, 1.165) is 11.1 Å². The van der Waals surface area contributed by atoms with Gasteiger partial charge in [-0.2, -0.15) is 0 Å². The normalized spacial score (nSPS) is 12.1. The summed E-state index contributed by atoms with van der Waals surface area (Å²) in [5, 5.41) is 2.83. The van der Waals surface area contributed by atoms with Crippen LogP contribution in [-0.2, 0) is 19.6 Å². The molecule has 0 bridgehead atoms. The van der Waals surface area contributed by atoms with Crippen molar-refractivity contribution in [1.29, 1.82) is 0 Å². The molecule has 1 atom stereocenters. The second-order valence-corrected chi connectivity index (χ2v) is 9.13. The van der Waals surface area contributed by atoms with Crippen molar-refractivity contribution in [2.75, 3.05) is 12.4 Å². The van der Waals surface area contributed by atoms with Gasteiger partial charge in [-0.15, -0.1) is 0 Å². The van der Waals surface area contributed by atoms with E-state index in [2.05, 4.69) is 10.0 Å². The van der Waals surface area contributed by atoms with Gasteiger partial charge in [0.2, 0.25) is 16.1 Å². The molecule has 0 aliphatic rings. The Morgan fingerprint density at radius 3 is 2.31 bits per heavy atom. The van der Waals surface area contributed by atoms with E-state index in [1.165, 1.54) is 31.3 Å². The van der Waals surface area contributed by atoms with Crippen molar-refractivity contribution in [3.63, 3.8) is 0 Å². The highest BCUT2D eigenvalue weighted by Crippen LogP contribution is 2.24. The maximum atomic E-state index is 13.1. The Balaban J connectivity index is 1.90.